The zero-order chi connectivity index (χ0) is 14.6. The highest BCUT2D eigenvalue weighted by molar-refractivity contribution is 9.10. The molecule has 106 valence electrons. The first kappa shape index (κ1) is 15.1. The minimum atomic E-state index is -0.538. The van der Waals surface area contributed by atoms with Gasteiger partial charge >= 0.3 is 0 Å². The standard InChI is InChI=1S/C17H20BrNO/c1-3-12-20-14-10-8-13(9-11-14)17(2,19)15-6-4-5-7-16(15)18/h4-11H,3,12,19H2,1-2H3. The van der Waals surface area contributed by atoms with Gasteiger partial charge in [0.05, 0.1) is 12.1 Å². The Hall–Kier alpha value is -1.32. The van der Waals surface area contributed by atoms with Crippen LogP contribution in [0.2, 0.25) is 0 Å². The molecule has 2 rings (SSSR count). The van der Waals surface area contributed by atoms with Gasteiger partial charge in [-0.15, -0.1) is 0 Å². The van der Waals surface area contributed by atoms with Crippen molar-refractivity contribution in [1.29, 1.82) is 0 Å². The summed E-state index contributed by atoms with van der Waals surface area (Å²) < 4.78 is 6.63. The van der Waals surface area contributed by atoms with E-state index in [0.29, 0.717) is 0 Å². The van der Waals surface area contributed by atoms with Gasteiger partial charge in [0, 0.05) is 4.47 Å². The quantitative estimate of drug-likeness (QED) is 0.876. The molecule has 0 bridgehead atoms. The number of hydrogen-bond donors (Lipinski definition) is 1. The van der Waals surface area contributed by atoms with Gasteiger partial charge in [-0.3, -0.25) is 0 Å². The monoisotopic (exact) mass is 333 g/mol. The molecule has 3 heteroatoms. The first-order valence-corrected chi connectivity index (χ1v) is 7.62. The lowest BCUT2D eigenvalue weighted by Gasteiger charge is -2.27. The number of ether oxygens (including phenoxy) is 1. The van der Waals surface area contributed by atoms with Crippen LogP contribution in [0, 0.1) is 0 Å². The summed E-state index contributed by atoms with van der Waals surface area (Å²) in [5.74, 6) is 0.888. The Labute approximate surface area is 129 Å². The van der Waals surface area contributed by atoms with Crippen molar-refractivity contribution in [2.45, 2.75) is 25.8 Å². The van der Waals surface area contributed by atoms with Crippen LogP contribution in [0.1, 0.15) is 31.4 Å². The zero-order valence-electron chi connectivity index (χ0n) is 11.9. The number of halogens is 1. The summed E-state index contributed by atoms with van der Waals surface area (Å²) in [6, 6.07) is 16.1. The van der Waals surface area contributed by atoms with Gasteiger partial charge in [0.15, 0.2) is 0 Å². The molecule has 0 aliphatic heterocycles. The van der Waals surface area contributed by atoms with Crippen molar-refractivity contribution in [3.05, 3.63) is 64.1 Å². The number of benzene rings is 2. The molecule has 0 radical (unpaired) electrons. The summed E-state index contributed by atoms with van der Waals surface area (Å²) in [5.41, 5.74) is 8.14. The SMILES string of the molecule is CCCOc1ccc(C(C)(N)c2ccccc2Br)cc1. The average Bonchev–Trinajstić information content (AvgIpc) is 2.46. The summed E-state index contributed by atoms with van der Waals surface area (Å²) >= 11 is 3.57. The second-order valence-electron chi connectivity index (χ2n) is 5.06. The average molecular weight is 334 g/mol. The molecule has 0 aromatic heterocycles. The molecule has 2 N–H and O–H groups in total. The van der Waals surface area contributed by atoms with Crippen molar-refractivity contribution < 1.29 is 4.74 Å². The maximum atomic E-state index is 6.54. The van der Waals surface area contributed by atoms with Crippen LogP contribution in [0.25, 0.3) is 0 Å². The van der Waals surface area contributed by atoms with E-state index in [4.69, 9.17) is 10.5 Å². The molecule has 0 fully saturated rings. The van der Waals surface area contributed by atoms with Crippen LogP contribution in [-0.2, 0) is 5.54 Å². The Bertz CT molecular complexity index is 563. The summed E-state index contributed by atoms with van der Waals surface area (Å²) in [5, 5.41) is 0. The number of rotatable bonds is 5. The van der Waals surface area contributed by atoms with E-state index >= 15 is 0 Å². The maximum absolute atomic E-state index is 6.54. The van der Waals surface area contributed by atoms with Crippen LogP contribution in [0.15, 0.2) is 53.0 Å². The van der Waals surface area contributed by atoms with Gasteiger partial charge in [0.25, 0.3) is 0 Å². The Balaban J connectivity index is 2.28. The van der Waals surface area contributed by atoms with E-state index in [1.807, 2.05) is 55.5 Å². The fourth-order valence-corrected chi connectivity index (χ4v) is 2.85. The summed E-state index contributed by atoms with van der Waals surface area (Å²) in [6.07, 6.45) is 1.01. The van der Waals surface area contributed by atoms with Gasteiger partial charge in [-0.05, 0) is 42.7 Å². The van der Waals surface area contributed by atoms with E-state index in [1.54, 1.807) is 0 Å². The van der Waals surface area contributed by atoms with Crippen LogP contribution < -0.4 is 10.5 Å². The first-order valence-electron chi connectivity index (χ1n) is 6.83. The smallest absolute Gasteiger partial charge is 0.119 e. The summed E-state index contributed by atoms with van der Waals surface area (Å²) in [7, 11) is 0. The molecule has 0 saturated carbocycles. The highest BCUT2D eigenvalue weighted by Crippen LogP contribution is 2.32. The van der Waals surface area contributed by atoms with E-state index in [-0.39, 0.29) is 0 Å². The van der Waals surface area contributed by atoms with Gasteiger partial charge in [0.1, 0.15) is 5.75 Å². The van der Waals surface area contributed by atoms with Gasteiger partial charge in [-0.1, -0.05) is 53.2 Å². The molecule has 2 aromatic rings. The number of hydrogen-bond acceptors (Lipinski definition) is 2. The predicted octanol–water partition coefficient (Wildman–Crippen LogP) is 4.46. The highest BCUT2D eigenvalue weighted by atomic mass is 79.9. The van der Waals surface area contributed by atoms with Crippen molar-refractivity contribution in [3.8, 4) is 5.75 Å². The Morgan fingerprint density at radius 2 is 1.75 bits per heavy atom. The van der Waals surface area contributed by atoms with Crippen molar-refractivity contribution in [2.75, 3.05) is 6.61 Å². The van der Waals surface area contributed by atoms with E-state index < -0.39 is 5.54 Å². The lowest BCUT2D eigenvalue weighted by Crippen LogP contribution is -2.34. The van der Waals surface area contributed by atoms with Crippen molar-refractivity contribution in [1.82, 2.24) is 0 Å². The molecule has 0 spiro atoms. The van der Waals surface area contributed by atoms with Gasteiger partial charge < -0.3 is 10.5 Å². The third kappa shape index (κ3) is 3.22. The van der Waals surface area contributed by atoms with Gasteiger partial charge in [0.2, 0.25) is 0 Å². The van der Waals surface area contributed by atoms with Crippen LogP contribution >= 0.6 is 15.9 Å². The van der Waals surface area contributed by atoms with E-state index in [1.165, 1.54) is 0 Å². The molecule has 1 atom stereocenters. The van der Waals surface area contributed by atoms with Crippen LogP contribution in [0.5, 0.6) is 5.75 Å². The lowest BCUT2D eigenvalue weighted by molar-refractivity contribution is 0.317. The third-order valence-electron chi connectivity index (χ3n) is 3.36. The second-order valence-corrected chi connectivity index (χ2v) is 5.91. The van der Waals surface area contributed by atoms with Gasteiger partial charge in [-0.25, -0.2) is 0 Å². The van der Waals surface area contributed by atoms with Crippen molar-refractivity contribution in [3.63, 3.8) is 0 Å². The molecular formula is C17H20BrNO. The molecule has 2 nitrogen and oxygen atoms in total. The maximum Gasteiger partial charge on any atom is 0.119 e. The minimum absolute atomic E-state index is 0.538. The minimum Gasteiger partial charge on any atom is -0.494 e. The molecule has 1 unspecified atom stereocenters. The molecule has 0 aliphatic rings. The normalized spacial score (nSPS) is 13.8. The first-order chi connectivity index (χ1) is 9.55. The third-order valence-corrected chi connectivity index (χ3v) is 4.05. The molecule has 0 aliphatic carbocycles. The molecule has 2 aromatic carbocycles. The van der Waals surface area contributed by atoms with Crippen LogP contribution in [0.3, 0.4) is 0 Å². The molecule has 0 saturated heterocycles. The largest absolute Gasteiger partial charge is 0.494 e. The summed E-state index contributed by atoms with van der Waals surface area (Å²) in [4.78, 5) is 0. The summed E-state index contributed by atoms with van der Waals surface area (Å²) in [6.45, 7) is 4.86. The highest BCUT2D eigenvalue weighted by Gasteiger charge is 2.25. The van der Waals surface area contributed by atoms with E-state index in [9.17, 15) is 0 Å². The van der Waals surface area contributed by atoms with E-state index in [2.05, 4.69) is 22.9 Å². The van der Waals surface area contributed by atoms with Gasteiger partial charge in [-0.2, -0.15) is 0 Å². The predicted molar refractivity (Wildman–Crippen MR) is 87.0 cm³/mol. The second kappa shape index (κ2) is 6.42. The van der Waals surface area contributed by atoms with Crippen LogP contribution in [0.4, 0.5) is 0 Å². The molecule has 0 amide bonds. The molecule has 0 heterocycles. The van der Waals surface area contributed by atoms with Crippen molar-refractivity contribution in [2.24, 2.45) is 5.73 Å². The molecular weight excluding hydrogens is 314 g/mol. The lowest BCUT2D eigenvalue weighted by atomic mass is 9.86. The molecule has 20 heavy (non-hydrogen) atoms. The Kier molecular flexibility index (Phi) is 4.84. The fourth-order valence-electron chi connectivity index (χ4n) is 2.16. The van der Waals surface area contributed by atoms with E-state index in [0.717, 1.165) is 34.4 Å². The topological polar surface area (TPSA) is 35.2 Å². The Morgan fingerprint density at radius 1 is 1.10 bits per heavy atom. The zero-order valence-corrected chi connectivity index (χ0v) is 13.5. The fraction of sp³-hybridized carbons (Fsp3) is 0.294. The number of nitrogens with two attached hydrogens (primary N) is 1. The van der Waals surface area contributed by atoms with Crippen LogP contribution in [-0.4, -0.2) is 6.61 Å². The van der Waals surface area contributed by atoms with Crippen molar-refractivity contribution >= 4 is 15.9 Å². The Morgan fingerprint density at radius 3 is 2.35 bits per heavy atom.